The van der Waals surface area contributed by atoms with E-state index >= 15 is 0 Å². The third-order valence-corrected chi connectivity index (χ3v) is 22.0. The van der Waals surface area contributed by atoms with E-state index in [1.807, 2.05) is 0 Å². The van der Waals surface area contributed by atoms with E-state index in [1.165, 1.54) is 276 Å². The zero-order valence-electron chi connectivity index (χ0n) is 67.5. The van der Waals surface area contributed by atoms with Gasteiger partial charge in [0, 0.05) is 25.7 Å². The number of phosphoric acid groups is 2. The Kier molecular flexibility index (Phi) is 75.4. The highest BCUT2D eigenvalue weighted by atomic mass is 31.2. The molecule has 0 fully saturated rings. The lowest BCUT2D eigenvalue weighted by Crippen LogP contribution is -2.30. The van der Waals surface area contributed by atoms with Crippen LogP contribution in [0.1, 0.15) is 452 Å². The summed E-state index contributed by atoms with van der Waals surface area (Å²) in [5.74, 6) is -1.25. The van der Waals surface area contributed by atoms with Gasteiger partial charge in [-0.05, 0) is 31.6 Å². The fourth-order valence-corrected chi connectivity index (χ4v) is 14.7. The van der Waals surface area contributed by atoms with Crippen molar-refractivity contribution in [2.75, 3.05) is 39.6 Å². The van der Waals surface area contributed by atoms with Gasteiger partial charge in [-0.3, -0.25) is 37.3 Å². The maximum atomic E-state index is 13.1. The molecule has 0 radical (unpaired) electrons. The summed E-state index contributed by atoms with van der Waals surface area (Å²) in [5.41, 5.74) is 0. The van der Waals surface area contributed by atoms with Gasteiger partial charge in [0.1, 0.15) is 19.3 Å². The minimum Gasteiger partial charge on any atom is -0.462 e. The van der Waals surface area contributed by atoms with Crippen LogP contribution in [0.25, 0.3) is 0 Å². The molecule has 0 aromatic heterocycles. The van der Waals surface area contributed by atoms with Crippen molar-refractivity contribution >= 4 is 39.5 Å². The molecule has 3 N–H and O–H groups in total. The molecule has 0 amide bonds. The first-order valence-corrected chi connectivity index (χ1v) is 46.7. The Hall–Kier alpha value is -1.94. The Bertz CT molecular complexity index is 1960. The van der Waals surface area contributed by atoms with E-state index in [0.29, 0.717) is 25.7 Å². The second kappa shape index (κ2) is 76.8. The molecule has 3 unspecified atom stereocenters. The molecular weight excluding hydrogens is 1340 g/mol. The number of ether oxygens (including phenoxy) is 4. The van der Waals surface area contributed by atoms with Crippen molar-refractivity contribution in [3.8, 4) is 0 Å². The third-order valence-electron chi connectivity index (χ3n) is 20.1. The van der Waals surface area contributed by atoms with Crippen molar-refractivity contribution < 1.29 is 80.2 Å². The molecule has 0 bridgehead atoms. The van der Waals surface area contributed by atoms with Gasteiger partial charge >= 0.3 is 39.5 Å². The monoisotopic (exact) mass is 1510 g/mol. The summed E-state index contributed by atoms with van der Waals surface area (Å²) in [5, 5.41) is 10.7. The van der Waals surface area contributed by atoms with Gasteiger partial charge in [0.25, 0.3) is 0 Å². The molecule has 0 aliphatic carbocycles. The van der Waals surface area contributed by atoms with E-state index in [0.717, 1.165) is 95.8 Å². The molecule has 0 aromatic carbocycles. The number of phosphoric ester groups is 2. The van der Waals surface area contributed by atoms with E-state index < -0.39 is 97.5 Å². The van der Waals surface area contributed by atoms with Gasteiger partial charge in [0.05, 0.1) is 26.4 Å². The van der Waals surface area contributed by atoms with Crippen LogP contribution in [0.3, 0.4) is 0 Å². The highest BCUT2D eigenvalue weighted by Crippen LogP contribution is 2.45. The number of rotatable bonds is 84. The van der Waals surface area contributed by atoms with Crippen LogP contribution in [0, 0.1) is 5.92 Å². The van der Waals surface area contributed by atoms with Crippen LogP contribution in [0.2, 0.25) is 0 Å². The number of hydrogen-bond donors (Lipinski definition) is 3. The largest absolute Gasteiger partial charge is 0.472 e. The molecule has 0 saturated heterocycles. The Morgan fingerprint density at radius 2 is 0.466 bits per heavy atom. The summed E-state index contributed by atoms with van der Waals surface area (Å²) in [6, 6.07) is 0. The molecule has 6 atom stereocenters. The molecule has 17 nitrogen and oxygen atoms in total. The second-order valence-electron chi connectivity index (χ2n) is 30.5. The first-order valence-electron chi connectivity index (χ1n) is 43.7. The average molecular weight is 1510 g/mol. The number of carbonyl (C=O) groups is 4. The molecule has 0 spiro atoms. The van der Waals surface area contributed by atoms with Crippen LogP contribution >= 0.6 is 15.6 Å². The van der Waals surface area contributed by atoms with E-state index in [1.54, 1.807) is 0 Å². The number of carbonyl (C=O) groups excluding carboxylic acids is 4. The Balaban J connectivity index is 5.25. The first kappa shape index (κ1) is 101. The molecule has 0 aliphatic rings. The predicted octanol–water partition coefficient (Wildman–Crippen LogP) is 25.6. The van der Waals surface area contributed by atoms with Crippen LogP contribution in [0.4, 0.5) is 0 Å². The number of hydrogen-bond acceptors (Lipinski definition) is 15. The zero-order valence-corrected chi connectivity index (χ0v) is 69.3. The molecular formula is C84H164O17P2. The van der Waals surface area contributed by atoms with Crippen molar-refractivity contribution in [3.63, 3.8) is 0 Å². The minimum atomic E-state index is -4.96. The summed E-state index contributed by atoms with van der Waals surface area (Å²) in [7, 11) is -9.92. The molecule has 612 valence electrons. The number of esters is 4. The van der Waals surface area contributed by atoms with Crippen LogP contribution in [-0.4, -0.2) is 96.7 Å². The first-order chi connectivity index (χ1) is 50.1. The van der Waals surface area contributed by atoms with Crippen LogP contribution < -0.4 is 0 Å². The summed E-state index contributed by atoms with van der Waals surface area (Å²) < 4.78 is 68.8. The van der Waals surface area contributed by atoms with E-state index in [4.69, 9.17) is 37.0 Å². The Labute approximate surface area is 632 Å². The standard InChI is InChI=1S/C84H164O17P2/c1-6-10-13-16-19-22-25-27-29-30-31-32-34-40-45-50-55-60-65-70-84(89)101-80(74-95-82(87)68-63-58-53-48-43-38-36-35-37-42-46-51-56-61-66-77(5)9-4)76-99-103(92,93)97-72-78(85)71-96-102(90,91)98-75-79(73-94-81(86)67-62-57-52-47-41-24-21-18-15-12-8-3)100-83(88)69-64-59-54-49-44-39-33-28-26-23-20-17-14-11-7-2/h77-80,85H,6-76H2,1-5H3,(H,90,91)(H,92,93)/t77?,78-,79+,80+/m0/s1. The number of unbranched alkanes of at least 4 members (excludes halogenated alkanes) is 55. The van der Waals surface area contributed by atoms with Crippen molar-refractivity contribution in [2.45, 2.75) is 470 Å². The van der Waals surface area contributed by atoms with Gasteiger partial charge in [-0.25, -0.2) is 9.13 Å². The van der Waals surface area contributed by atoms with Crippen molar-refractivity contribution in [3.05, 3.63) is 0 Å². The molecule has 19 heteroatoms. The smallest absolute Gasteiger partial charge is 0.462 e. The van der Waals surface area contributed by atoms with Crippen LogP contribution in [0.5, 0.6) is 0 Å². The van der Waals surface area contributed by atoms with Gasteiger partial charge in [-0.2, -0.15) is 0 Å². The lowest BCUT2D eigenvalue weighted by molar-refractivity contribution is -0.161. The molecule has 0 heterocycles. The summed E-state index contributed by atoms with van der Waals surface area (Å²) >= 11 is 0. The van der Waals surface area contributed by atoms with E-state index in [-0.39, 0.29) is 25.7 Å². The quantitative estimate of drug-likeness (QED) is 0.0222. The van der Waals surface area contributed by atoms with Gasteiger partial charge in [-0.15, -0.1) is 0 Å². The molecule has 0 aliphatic heterocycles. The van der Waals surface area contributed by atoms with Crippen LogP contribution in [0.15, 0.2) is 0 Å². The Morgan fingerprint density at radius 1 is 0.272 bits per heavy atom. The maximum absolute atomic E-state index is 13.1. The average Bonchev–Trinajstić information content (AvgIpc) is 1.00. The van der Waals surface area contributed by atoms with Crippen molar-refractivity contribution in [1.82, 2.24) is 0 Å². The zero-order chi connectivity index (χ0) is 75.5. The van der Waals surface area contributed by atoms with Gasteiger partial charge < -0.3 is 33.8 Å². The van der Waals surface area contributed by atoms with Crippen molar-refractivity contribution in [2.24, 2.45) is 5.92 Å². The normalized spacial score (nSPS) is 14.1. The Morgan fingerprint density at radius 3 is 0.689 bits per heavy atom. The summed E-state index contributed by atoms with van der Waals surface area (Å²) in [6.45, 7) is 7.41. The lowest BCUT2D eigenvalue weighted by Gasteiger charge is -2.21. The predicted molar refractivity (Wildman–Crippen MR) is 423 cm³/mol. The van der Waals surface area contributed by atoms with E-state index in [9.17, 15) is 43.2 Å². The minimum absolute atomic E-state index is 0.109. The molecule has 0 rings (SSSR count). The van der Waals surface area contributed by atoms with Crippen LogP contribution in [-0.2, 0) is 65.4 Å². The van der Waals surface area contributed by atoms with Gasteiger partial charge in [-0.1, -0.05) is 401 Å². The summed E-state index contributed by atoms with van der Waals surface area (Å²) in [6.07, 6.45) is 69.2. The molecule has 0 aromatic rings. The van der Waals surface area contributed by atoms with Gasteiger partial charge in [0.15, 0.2) is 12.2 Å². The maximum Gasteiger partial charge on any atom is 0.472 e. The number of aliphatic hydroxyl groups excluding tert-OH is 1. The van der Waals surface area contributed by atoms with Gasteiger partial charge in [0.2, 0.25) is 0 Å². The SMILES string of the molecule is CCCCCCCCCCCCCCCCCCCCCC(=O)O[C@H](COC(=O)CCCCCCCCCCCCCCCCC(C)CC)COP(=O)(O)OC[C@@H](O)COP(=O)(O)OC[C@@H](COC(=O)CCCCCCCCCCCCC)OC(=O)CCCCCCCCCCCCCCCCC. The second-order valence-corrected chi connectivity index (χ2v) is 33.4. The highest BCUT2D eigenvalue weighted by Gasteiger charge is 2.30. The fraction of sp³-hybridized carbons (Fsp3) is 0.952. The lowest BCUT2D eigenvalue weighted by atomic mass is 9.99. The van der Waals surface area contributed by atoms with E-state index in [2.05, 4.69) is 34.6 Å². The number of aliphatic hydroxyl groups is 1. The molecule has 103 heavy (non-hydrogen) atoms. The van der Waals surface area contributed by atoms with Crippen molar-refractivity contribution in [1.29, 1.82) is 0 Å². The summed E-state index contributed by atoms with van der Waals surface area (Å²) in [4.78, 5) is 73.2. The molecule has 0 saturated carbocycles. The third kappa shape index (κ3) is 76.6. The highest BCUT2D eigenvalue weighted by molar-refractivity contribution is 7.47. The fourth-order valence-electron chi connectivity index (χ4n) is 13.1. The topological polar surface area (TPSA) is 237 Å².